The minimum Gasteiger partial charge on any atom is -0.332 e. The first kappa shape index (κ1) is 9.10. The number of pyridine rings is 1. The number of hydrogen-bond acceptors (Lipinski definition) is 7. The summed E-state index contributed by atoms with van der Waals surface area (Å²) in [4.78, 5) is 8.31. The quantitative estimate of drug-likeness (QED) is 0.667. The normalized spacial score (nSPS) is 10.5. The van der Waals surface area contributed by atoms with E-state index < -0.39 is 0 Å². The van der Waals surface area contributed by atoms with Crippen LogP contribution in [0.25, 0.3) is 23.1 Å². The van der Waals surface area contributed by atoms with Crippen molar-refractivity contribution in [3.63, 3.8) is 0 Å². The molecule has 0 unspecified atom stereocenters. The van der Waals surface area contributed by atoms with Gasteiger partial charge in [0.15, 0.2) is 5.69 Å². The highest BCUT2D eigenvalue weighted by Crippen LogP contribution is 2.18. The third-order valence-electron chi connectivity index (χ3n) is 1.90. The Hall–Kier alpha value is -2.15. The van der Waals surface area contributed by atoms with Crippen molar-refractivity contribution in [3.05, 3.63) is 30.6 Å². The largest absolute Gasteiger partial charge is 0.332 e. The summed E-state index contributed by atoms with van der Waals surface area (Å²) in [5, 5.41) is 3.83. The topological polar surface area (TPSA) is 77.6 Å². The zero-order valence-corrected chi connectivity index (χ0v) is 8.76. The lowest BCUT2D eigenvalue weighted by atomic mass is 10.3. The highest BCUT2D eigenvalue weighted by atomic mass is 32.1. The second kappa shape index (κ2) is 3.78. The third kappa shape index (κ3) is 1.57. The first-order valence-electron chi connectivity index (χ1n) is 4.46. The highest BCUT2D eigenvalue weighted by Gasteiger charge is 2.12. The van der Waals surface area contributed by atoms with Crippen molar-refractivity contribution in [1.82, 2.24) is 23.9 Å². The second-order valence-corrected chi connectivity index (χ2v) is 3.49. The van der Waals surface area contributed by atoms with E-state index >= 15 is 0 Å². The number of rotatable bonds is 2. The predicted molar refractivity (Wildman–Crippen MR) is 56.4 cm³/mol. The van der Waals surface area contributed by atoms with Crippen LogP contribution in [-0.2, 0) is 0 Å². The fraction of sp³-hybridized carbons (Fsp3) is 0. The molecule has 3 aromatic heterocycles. The molecule has 0 aliphatic rings. The Bertz CT molecular complexity index is 577. The molecule has 3 rings (SSSR count). The molecule has 16 heavy (non-hydrogen) atoms. The summed E-state index contributed by atoms with van der Waals surface area (Å²) in [6.45, 7) is 0. The molecule has 0 bridgehead atoms. The van der Waals surface area contributed by atoms with Gasteiger partial charge in [-0.15, -0.1) is 0 Å². The first-order valence-corrected chi connectivity index (χ1v) is 5.19. The maximum atomic E-state index is 5.07. The molecule has 0 N–H and O–H groups in total. The molecule has 3 aromatic rings. The Labute approximate surface area is 94.3 Å². The van der Waals surface area contributed by atoms with Gasteiger partial charge >= 0.3 is 0 Å². The molecule has 0 saturated heterocycles. The Morgan fingerprint density at radius 3 is 2.94 bits per heavy atom. The first-order chi connectivity index (χ1) is 7.93. The van der Waals surface area contributed by atoms with Gasteiger partial charge in [0.05, 0.1) is 17.9 Å². The van der Waals surface area contributed by atoms with Crippen LogP contribution in [-0.4, -0.2) is 23.9 Å². The van der Waals surface area contributed by atoms with Gasteiger partial charge in [-0.2, -0.15) is 13.7 Å². The zero-order valence-electron chi connectivity index (χ0n) is 7.94. The lowest BCUT2D eigenvalue weighted by Crippen LogP contribution is -1.84. The molecule has 0 atom stereocenters. The molecule has 0 aliphatic carbocycles. The highest BCUT2D eigenvalue weighted by molar-refractivity contribution is 6.99. The van der Waals surface area contributed by atoms with Gasteiger partial charge in [-0.3, -0.25) is 4.98 Å². The average Bonchev–Trinajstić information content (AvgIpc) is 3.01. The number of hydrogen-bond donors (Lipinski definition) is 0. The average molecular weight is 231 g/mol. The molecule has 0 aliphatic heterocycles. The summed E-state index contributed by atoms with van der Waals surface area (Å²) >= 11 is 1.10. The minimum atomic E-state index is 0.356. The van der Waals surface area contributed by atoms with Crippen LogP contribution in [0.3, 0.4) is 0 Å². The van der Waals surface area contributed by atoms with E-state index in [4.69, 9.17) is 4.52 Å². The molecule has 6 nitrogen and oxygen atoms in total. The SMILES string of the molecule is c1ccc(-c2noc(-c3cnsn3)n2)nc1. The smallest absolute Gasteiger partial charge is 0.279 e. The zero-order chi connectivity index (χ0) is 10.8. The van der Waals surface area contributed by atoms with Crippen molar-refractivity contribution < 1.29 is 4.52 Å². The van der Waals surface area contributed by atoms with Gasteiger partial charge in [0.1, 0.15) is 5.69 Å². The summed E-state index contributed by atoms with van der Waals surface area (Å²) in [5.41, 5.74) is 1.25. The van der Waals surface area contributed by atoms with Crippen molar-refractivity contribution >= 4 is 11.7 Å². The Morgan fingerprint density at radius 2 is 2.19 bits per heavy atom. The predicted octanol–water partition coefficient (Wildman–Crippen LogP) is 1.65. The van der Waals surface area contributed by atoms with E-state index in [0.29, 0.717) is 23.1 Å². The van der Waals surface area contributed by atoms with Crippen LogP contribution in [0.5, 0.6) is 0 Å². The Kier molecular flexibility index (Phi) is 2.15. The van der Waals surface area contributed by atoms with E-state index in [0.717, 1.165) is 11.7 Å². The van der Waals surface area contributed by atoms with Crippen molar-refractivity contribution in [2.45, 2.75) is 0 Å². The Balaban J connectivity index is 2.00. The van der Waals surface area contributed by atoms with Crippen LogP contribution in [0.15, 0.2) is 35.1 Å². The molecular formula is C9H5N5OS. The van der Waals surface area contributed by atoms with Crippen LogP contribution in [0.2, 0.25) is 0 Å². The lowest BCUT2D eigenvalue weighted by Gasteiger charge is -1.88. The van der Waals surface area contributed by atoms with Gasteiger partial charge in [0.2, 0.25) is 5.82 Å². The number of aromatic nitrogens is 5. The summed E-state index contributed by atoms with van der Waals surface area (Å²) in [7, 11) is 0. The van der Waals surface area contributed by atoms with Gasteiger partial charge in [-0.05, 0) is 12.1 Å². The summed E-state index contributed by atoms with van der Waals surface area (Å²) in [6.07, 6.45) is 3.26. The molecule has 7 heteroatoms. The fourth-order valence-electron chi connectivity index (χ4n) is 1.19. The van der Waals surface area contributed by atoms with Crippen LogP contribution in [0.1, 0.15) is 0 Å². The summed E-state index contributed by atoms with van der Waals surface area (Å²) in [5.74, 6) is 0.804. The van der Waals surface area contributed by atoms with Crippen molar-refractivity contribution in [3.8, 4) is 23.1 Å². The maximum Gasteiger partial charge on any atom is 0.279 e. The van der Waals surface area contributed by atoms with E-state index in [9.17, 15) is 0 Å². The summed E-state index contributed by atoms with van der Waals surface area (Å²) in [6, 6.07) is 5.51. The van der Waals surface area contributed by atoms with Crippen LogP contribution < -0.4 is 0 Å². The summed E-state index contributed by atoms with van der Waals surface area (Å²) < 4.78 is 12.9. The van der Waals surface area contributed by atoms with E-state index in [1.54, 1.807) is 12.4 Å². The minimum absolute atomic E-state index is 0.356. The maximum absolute atomic E-state index is 5.07. The molecule has 0 aromatic carbocycles. The van der Waals surface area contributed by atoms with Crippen LogP contribution in [0.4, 0.5) is 0 Å². The van der Waals surface area contributed by atoms with Gasteiger partial charge < -0.3 is 4.52 Å². The number of nitrogens with zero attached hydrogens (tertiary/aromatic N) is 5. The van der Waals surface area contributed by atoms with E-state index in [-0.39, 0.29) is 0 Å². The third-order valence-corrected chi connectivity index (χ3v) is 2.38. The molecule has 0 saturated carbocycles. The van der Waals surface area contributed by atoms with Crippen molar-refractivity contribution in [2.24, 2.45) is 0 Å². The van der Waals surface area contributed by atoms with Crippen LogP contribution in [0, 0.1) is 0 Å². The van der Waals surface area contributed by atoms with Crippen molar-refractivity contribution in [1.29, 1.82) is 0 Å². The van der Waals surface area contributed by atoms with Gasteiger partial charge in [0.25, 0.3) is 5.89 Å². The van der Waals surface area contributed by atoms with Gasteiger partial charge in [-0.25, -0.2) is 0 Å². The van der Waals surface area contributed by atoms with E-state index in [2.05, 4.69) is 23.9 Å². The fourth-order valence-corrected chi connectivity index (χ4v) is 1.59. The van der Waals surface area contributed by atoms with E-state index in [1.165, 1.54) is 0 Å². The molecule has 0 spiro atoms. The standard InChI is InChI=1S/C9H5N5OS/c1-2-4-10-6(3-1)8-12-9(15-13-8)7-5-11-16-14-7/h1-5H. The van der Waals surface area contributed by atoms with Crippen LogP contribution >= 0.6 is 11.7 Å². The van der Waals surface area contributed by atoms with Gasteiger partial charge in [-0.1, -0.05) is 11.2 Å². The molecule has 3 heterocycles. The monoisotopic (exact) mass is 231 g/mol. The van der Waals surface area contributed by atoms with Gasteiger partial charge in [0, 0.05) is 6.20 Å². The Morgan fingerprint density at radius 1 is 1.19 bits per heavy atom. The molecular weight excluding hydrogens is 226 g/mol. The lowest BCUT2D eigenvalue weighted by molar-refractivity contribution is 0.431. The second-order valence-electron chi connectivity index (χ2n) is 2.93. The van der Waals surface area contributed by atoms with E-state index in [1.807, 2.05) is 18.2 Å². The molecule has 78 valence electrons. The van der Waals surface area contributed by atoms with Crippen molar-refractivity contribution in [2.75, 3.05) is 0 Å². The molecule has 0 radical (unpaired) electrons. The molecule has 0 amide bonds. The molecule has 0 fully saturated rings.